The largest absolute Gasteiger partial charge is 0.479 e. The van der Waals surface area contributed by atoms with E-state index in [0.717, 1.165) is 0 Å². The molecule has 0 spiro atoms. The lowest BCUT2D eigenvalue weighted by atomic mass is 9.85. The highest BCUT2D eigenvalue weighted by Crippen LogP contribution is 2.27. The van der Waals surface area contributed by atoms with Gasteiger partial charge in [-0.1, -0.05) is 0 Å². The Morgan fingerprint density at radius 2 is 1.47 bits per heavy atom. The molecular weight excluding hydrogens is 212 g/mol. The minimum Gasteiger partial charge on any atom is -0.479 e. The van der Waals surface area contributed by atoms with Gasteiger partial charge in [0, 0.05) is 0 Å². The van der Waals surface area contributed by atoms with Crippen LogP contribution in [0, 0.1) is 0 Å². The molecule has 0 saturated heterocycles. The van der Waals surface area contributed by atoms with Gasteiger partial charge in [-0.2, -0.15) is 0 Å². The summed E-state index contributed by atoms with van der Waals surface area (Å²) in [5.41, 5.74) is 2.51. The molecule has 15 heavy (non-hydrogen) atoms. The lowest BCUT2D eigenvalue weighted by Gasteiger charge is -2.40. The second-order valence-corrected chi connectivity index (χ2v) is 3.18. The summed E-state index contributed by atoms with van der Waals surface area (Å²) >= 11 is 0. The Labute approximate surface area is 83.5 Å². The van der Waals surface area contributed by atoms with Crippen molar-refractivity contribution in [1.29, 1.82) is 0 Å². The van der Waals surface area contributed by atoms with Crippen molar-refractivity contribution in [1.82, 2.24) is 0 Å². The van der Waals surface area contributed by atoms with E-state index in [1.807, 2.05) is 0 Å². The van der Waals surface area contributed by atoms with E-state index in [-0.39, 0.29) is 0 Å². The van der Waals surface area contributed by atoms with Gasteiger partial charge in [0.05, 0.1) is 0 Å². The van der Waals surface area contributed by atoms with Crippen molar-refractivity contribution in [3.8, 4) is 0 Å². The summed E-state index contributed by atoms with van der Waals surface area (Å²) in [7, 11) is 0. The molecule has 0 aliphatic carbocycles. The maximum atomic E-state index is 10.5. The standard InChI is InChI=1S/C6H12N2O7/c1-4(12,3(10)11)6(8,15)5(13,14)2(7)9/h12-15H,8H2,1H3,(H2,7,9)(H,10,11). The molecule has 0 saturated carbocycles. The number of primary amides is 1. The van der Waals surface area contributed by atoms with Gasteiger partial charge < -0.3 is 31.3 Å². The van der Waals surface area contributed by atoms with E-state index in [9.17, 15) is 19.8 Å². The molecule has 0 fully saturated rings. The van der Waals surface area contributed by atoms with Crippen molar-refractivity contribution in [3.05, 3.63) is 0 Å². The molecule has 0 aliphatic heterocycles. The van der Waals surface area contributed by atoms with Crippen molar-refractivity contribution in [2.24, 2.45) is 11.5 Å². The second-order valence-electron chi connectivity index (χ2n) is 3.18. The number of nitrogens with two attached hydrogens (primary N) is 2. The van der Waals surface area contributed by atoms with Gasteiger partial charge in [-0.3, -0.25) is 10.5 Å². The molecule has 2 unspecified atom stereocenters. The molecule has 1 amide bonds. The molecule has 0 aromatic heterocycles. The Hall–Kier alpha value is -1.26. The zero-order chi connectivity index (χ0) is 12.7. The topological polar surface area (TPSA) is 187 Å². The Morgan fingerprint density at radius 1 is 1.13 bits per heavy atom. The van der Waals surface area contributed by atoms with Gasteiger partial charge in [0.1, 0.15) is 0 Å². The SMILES string of the molecule is CC(O)(C(=O)O)C(N)(O)C(O)(O)C(N)=O. The maximum absolute atomic E-state index is 10.5. The monoisotopic (exact) mass is 224 g/mol. The van der Waals surface area contributed by atoms with Gasteiger partial charge in [-0.15, -0.1) is 0 Å². The van der Waals surface area contributed by atoms with Crippen molar-refractivity contribution in [3.63, 3.8) is 0 Å². The van der Waals surface area contributed by atoms with Crippen molar-refractivity contribution >= 4 is 11.9 Å². The van der Waals surface area contributed by atoms with Crippen LogP contribution in [0.1, 0.15) is 6.92 Å². The molecule has 0 radical (unpaired) electrons. The summed E-state index contributed by atoms with van der Waals surface area (Å²) in [4.78, 5) is 21.0. The molecule has 0 rings (SSSR count). The number of carboxylic acid groups (broad SMARTS) is 1. The van der Waals surface area contributed by atoms with Crippen molar-refractivity contribution < 1.29 is 35.1 Å². The van der Waals surface area contributed by atoms with E-state index < -0.39 is 29.0 Å². The number of aliphatic hydroxyl groups is 4. The number of carbonyl (C=O) groups excluding carboxylic acids is 1. The van der Waals surface area contributed by atoms with E-state index in [1.54, 1.807) is 0 Å². The van der Waals surface area contributed by atoms with Gasteiger partial charge in [0.15, 0.2) is 0 Å². The average molecular weight is 224 g/mol. The fourth-order valence-corrected chi connectivity index (χ4v) is 0.690. The van der Waals surface area contributed by atoms with Gasteiger partial charge in [0.25, 0.3) is 11.7 Å². The third-order valence-corrected chi connectivity index (χ3v) is 2.03. The third kappa shape index (κ3) is 1.78. The number of aliphatic carboxylic acids is 1. The van der Waals surface area contributed by atoms with Crippen LogP contribution in [0.25, 0.3) is 0 Å². The Morgan fingerprint density at radius 3 is 1.67 bits per heavy atom. The molecule has 2 atom stereocenters. The number of rotatable bonds is 4. The van der Waals surface area contributed by atoms with Crippen LogP contribution in [-0.2, 0) is 9.59 Å². The van der Waals surface area contributed by atoms with Crippen LogP contribution >= 0.6 is 0 Å². The molecule has 0 aromatic carbocycles. The minimum absolute atomic E-state index is 0.472. The van der Waals surface area contributed by atoms with Crippen LogP contribution in [0.3, 0.4) is 0 Å². The molecule has 0 aliphatic rings. The highest BCUT2D eigenvalue weighted by molar-refractivity contribution is 5.86. The van der Waals surface area contributed by atoms with E-state index in [0.29, 0.717) is 6.92 Å². The minimum atomic E-state index is -3.80. The van der Waals surface area contributed by atoms with Gasteiger partial charge in [0.2, 0.25) is 11.3 Å². The first-order valence-electron chi connectivity index (χ1n) is 3.60. The molecule has 0 bridgehead atoms. The summed E-state index contributed by atoms with van der Waals surface area (Å²) in [5.74, 6) is -7.77. The predicted molar refractivity (Wildman–Crippen MR) is 43.8 cm³/mol. The molecule has 0 aromatic rings. The zero-order valence-electron chi connectivity index (χ0n) is 7.71. The summed E-state index contributed by atoms with van der Waals surface area (Å²) < 4.78 is 0. The van der Waals surface area contributed by atoms with Gasteiger partial charge >= 0.3 is 5.97 Å². The summed E-state index contributed by atoms with van der Waals surface area (Å²) in [6.45, 7) is 0.472. The smallest absolute Gasteiger partial charge is 0.340 e. The van der Waals surface area contributed by atoms with Crippen LogP contribution < -0.4 is 11.5 Å². The lowest BCUT2D eigenvalue weighted by molar-refractivity contribution is -0.301. The van der Waals surface area contributed by atoms with Gasteiger partial charge in [-0.05, 0) is 6.92 Å². The van der Waals surface area contributed by atoms with E-state index in [1.165, 1.54) is 0 Å². The number of carboxylic acids is 1. The first kappa shape index (κ1) is 13.7. The number of amides is 1. The Balaban J connectivity index is 5.50. The van der Waals surface area contributed by atoms with Crippen LogP contribution in [0.2, 0.25) is 0 Å². The van der Waals surface area contributed by atoms with Crippen LogP contribution in [0.5, 0.6) is 0 Å². The summed E-state index contributed by atoms with van der Waals surface area (Å²) in [5, 5.41) is 44.9. The Kier molecular flexibility index (Phi) is 3.11. The van der Waals surface area contributed by atoms with Crippen molar-refractivity contribution in [2.45, 2.75) is 24.0 Å². The number of hydrogen-bond acceptors (Lipinski definition) is 7. The first-order chi connectivity index (χ1) is 6.39. The molecule has 9 heteroatoms. The van der Waals surface area contributed by atoms with Crippen molar-refractivity contribution in [2.75, 3.05) is 0 Å². The summed E-state index contributed by atoms with van der Waals surface area (Å²) in [6.07, 6.45) is 0. The summed E-state index contributed by atoms with van der Waals surface area (Å²) in [6, 6.07) is 0. The average Bonchev–Trinajstić information content (AvgIpc) is 2.02. The molecule has 9 N–H and O–H groups in total. The quantitative estimate of drug-likeness (QED) is 0.233. The second kappa shape index (κ2) is 3.40. The molecule has 9 nitrogen and oxygen atoms in total. The lowest BCUT2D eigenvalue weighted by Crippen LogP contribution is -2.78. The molecule has 0 heterocycles. The Bertz CT molecular complexity index is 268. The van der Waals surface area contributed by atoms with Crippen LogP contribution in [-0.4, -0.2) is 54.5 Å². The van der Waals surface area contributed by atoms with E-state index >= 15 is 0 Å². The zero-order valence-corrected chi connectivity index (χ0v) is 7.71. The fourth-order valence-electron chi connectivity index (χ4n) is 0.690. The van der Waals surface area contributed by atoms with E-state index in [4.69, 9.17) is 21.1 Å². The van der Waals surface area contributed by atoms with Gasteiger partial charge in [-0.25, -0.2) is 4.79 Å². The van der Waals surface area contributed by atoms with Crippen LogP contribution in [0.15, 0.2) is 0 Å². The number of carbonyl (C=O) groups is 2. The maximum Gasteiger partial charge on any atom is 0.340 e. The fraction of sp³-hybridized carbons (Fsp3) is 0.667. The van der Waals surface area contributed by atoms with Crippen LogP contribution in [0.4, 0.5) is 0 Å². The third-order valence-electron chi connectivity index (χ3n) is 2.03. The predicted octanol–water partition coefficient (Wildman–Crippen LogP) is -4.36. The normalized spacial score (nSPS) is 20.1. The highest BCUT2D eigenvalue weighted by Gasteiger charge is 2.64. The molecule has 88 valence electrons. The number of hydrogen-bond donors (Lipinski definition) is 7. The highest BCUT2D eigenvalue weighted by atomic mass is 16.6. The van der Waals surface area contributed by atoms with E-state index in [2.05, 4.69) is 5.73 Å². The first-order valence-corrected chi connectivity index (χ1v) is 3.60. The molecular formula is C6H12N2O7.